The highest BCUT2D eigenvalue weighted by Gasteiger charge is 2.32. The lowest BCUT2D eigenvalue weighted by molar-refractivity contribution is -0.143. The average molecular weight is 452 g/mol. The molecule has 13 heteroatoms. The quantitative estimate of drug-likeness (QED) is 0.0951. The highest BCUT2D eigenvalue weighted by Crippen LogP contribution is 2.04. The maximum absolute atomic E-state index is 12.5. The number of carbonyl (C=O) groups is 4. The number of hydrogen-bond donors (Lipinski definition) is 9. The van der Waals surface area contributed by atoms with Gasteiger partial charge < -0.3 is 42.7 Å². The van der Waals surface area contributed by atoms with Gasteiger partial charge in [-0.3, -0.25) is 14.4 Å². The SMILES string of the molecule is CC(O)C(N)C(=O)NC(CS)C(=O)NC(C(=O)NC(CCCCN)C(=O)O)C(C)O. The molecule has 0 aromatic rings. The van der Waals surface area contributed by atoms with Crippen LogP contribution < -0.4 is 27.4 Å². The van der Waals surface area contributed by atoms with Gasteiger partial charge in [0.05, 0.1) is 12.2 Å². The van der Waals surface area contributed by atoms with Crippen LogP contribution >= 0.6 is 12.6 Å². The van der Waals surface area contributed by atoms with Crippen molar-refractivity contribution in [2.24, 2.45) is 11.5 Å². The number of nitrogens with two attached hydrogens (primary N) is 2. The van der Waals surface area contributed by atoms with E-state index in [0.717, 1.165) is 0 Å². The van der Waals surface area contributed by atoms with Crippen LogP contribution in [-0.4, -0.2) is 87.7 Å². The second-order valence-electron chi connectivity index (χ2n) is 6.92. The van der Waals surface area contributed by atoms with E-state index in [9.17, 15) is 34.5 Å². The van der Waals surface area contributed by atoms with Crippen molar-refractivity contribution in [2.75, 3.05) is 12.3 Å². The molecule has 0 heterocycles. The van der Waals surface area contributed by atoms with Crippen LogP contribution in [0.25, 0.3) is 0 Å². The van der Waals surface area contributed by atoms with Crippen molar-refractivity contribution in [3.05, 3.63) is 0 Å². The van der Waals surface area contributed by atoms with Gasteiger partial charge in [-0.25, -0.2) is 4.79 Å². The molecule has 174 valence electrons. The number of thiol groups is 1. The number of aliphatic hydroxyl groups excluding tert-OH is 2. The number of hydrogen-bond acceptors (Lipinski definition) is 9. The van der Waals surface area contributed by atoms with E-state index in [-0.39, 0.29) is 12.2 Å². The maximum atomic E-state index is 12.5. The molecule has 0 saturated heterocycles. The first kappa shape index (κ1) is 28.1. The Morgan fingerprint density at radius 2 is 1.47 bits per heavy atom. The van der Waals surface area contributed by atoms with Gasteiger partial charge in [0.1, 0.15) is 24.2 Å². The molecule has 3 amide bonds. The van der Waals surface area contributed by atoms with E-state index in [1.807, 2.05) is 0 Å². The fourth-order valence-electron chi connectivity index (χ4n) is 2.35. The molecule has 12 nitrogen and oxygen atoms in total. The summed E-state index contributed by atoms with van der Waals surface area (Å²) >= 11 is 3.98. The van der Waals surface area contributed by atoms with Gasteiger partial charge in [-0.05, 0) is 39.7 Å². The third-order valence-corrected chi connectivity index (χ3v) is 4.63. The normalized spacial score (nSPS) is 17.0. The third kappa shape index (κ3) is 9.71. The molecule has 0 aromatic heterocycles. The van der Waals surface area contributed by atoms with Gasteiger partial charge >= 0.3 is 5.97 Å². The summed E-state index contributed by atoms with van der Waals surface area (Å²) in [5.74, 6) is -3.96. The molecule has 0 saturated carbocycles. The first-order chi connectivity index (χ1) is 14.0. The molecule has 6 atom stereocenters. The minimum Gasteiger partial charge on any atom is -0.480 e. The summed E-state index contributed by atoms with van der Waals surface area (Å²) in [6, 6.07) is -5.18. The Hall–Kier alpha value is -1.93. The second kappa shape index (κ2) is 14.1. The van der Waals surface area contributed by atoms with Crippen LogP contribution in [0.3, 0.4) is 0 Å². The smallest absolute Gasteiger partial charge is 0.326 e. The number of aliphatic hydroxyl groups is 2. The van der Waals surface area contributed by atoms with Crippen molar-refractivity contribution >= 4 is 36.3 Å². The molecule has 6 unspecified atom stereocenters. The molecule has 0 aliphatic rings. The molecule has 0 radical (unpaired) electrons. The van der Waals surface area contributed by atoms with E-state index >= 15 is 0 Å². The molecule has 0 rings (SSSR count). The van der Waals surface area contributed by atoms with Crippen LogP contribution in [0.1, 0.15) is 33.1 Å². The molecule has 0 aromatic carbocycles. The first-order valence-corrected chi connectivity index (χ1v) is 10.2. The van der Waals surface area contributed by atoms with Crippen LogP contribution in [0.5, 0.6) is 0 Å². The van der Waals surface area contributed by atoms with E-state index in [1.54, 1.807) is 0 Å². The van der Waals surface area contributed by atoms with Crippen molar-refractivity contribution in [3.63, 3.8) is 0 Å². The number of rotatable bonds is 14. The van der Waals surface area contributed by atoms with Gasteiger partial charge in [0.2, 0.25) is 17.7 Å². The molecule has 30 heavy (non-hydrogen) atoms. The zero-order valence-electron chi connectivity index (χ0n) is 17.1. The number of carboxylic acids is 1. The highest BCUT2D eigenvalue weighted by atomic mass is 32.1. The van der Waals surface area contributed by atoms with Crippen LogP contribution in [0, 0.1) is 0 Å². The molecule has 0 aliphatic heterocycles. The Bertz CT molecular complexity index is 591. The van der Waals surface area contributed by atoms with E-state index in [0.29, 0.717) is 19.4 Å². The van der Waals surface area contributed by atoms with Gasteiger partial charge in [-0.2, -0.15) is 12.6 Å². The summed E-state index contributed by atoms with van der Waals surface area (Å²) < 4.78 is 0. The zero-order valence-corrected chi connectivity index (χ0v) is 18.0. The second-order valence-corrected chi connectivity index (χ2v) is 7.29. The van der Waals surface area contributed by atoms with E-state index < -0.39 is 60.1 Å². The summed E-state index contributed by atoms with van der Waals surface area (Å²) in [6.07, 6.45) is -1.34. The molecular formula is C17H33N5O7S. The van der Waals surface area contributed by atoms with Gasteiger partial charge in [0, 0.05) is 5.75 Å². The third-order valence-electron chi connectivity index (χ3n) is 4.26. The Labute approximate surface area is 180 Å². The lowest BCUT2D eigenvalue weighted by Crippen LogP contribution is -2.60. The van der Waals surface area contributed by atoms with Crippen LogP contribution in [0.4, 0.5) is 0 Å². The summed E-state index contributed by atoms with van der Waals surface area (Å²) in [6.45, 7) is 2.93. The van der Waals surface area contributed by atoms with Gasteiger partial charge in [0.25, 0.3) is 0 Å². The molecule has 0 spiro atoms. The maximum Gasteiger partial charge on any atom is 0.326 e. The Morgan fingerprint density at radius 1 is 0.900 bits per heavy atom. The summed E-state index contributed by atoms with van der Waals surface area (Å²) in [7, 11) is 0. The first-order valence-electron chi connectivity index (χ1n) is 9.52. The summed E-state index contributed by atoms with van der Waals surface area (Å²) in [4.78, 5) is 48.2. The van der Waals surface area contributed by atoms with E-state index in [2.05, 4.69) is 28.6 Å². The highest BCUT2D eigenvalue weighted by molar-refractivity contribution is 7.80. The minimum absolute atomic E-state index is 0.130. The van der Waals surface area contributed by atoms with E-state index in [4.69, 9.17) is 11.5 Å². The molecule has 0 aliphatic carbocycles. The van der Waals surface area contributed by atoms with Crippen molar-refractivity contribution in [2.45, 2.75) is 69.5 Å². The monoisotopic (exact) mass is 451 g/mol. The Morgan fingerprint density at radius 3 is 1.90 bits per heavy atom. The van der Waals surface area contributed by atoms with Crippen LogP contribution in [0.15, 0.2) is 0 Å². The predicted molar refractivity (Wildman–Crippen MR) is 112 cm³/mol. The average Bonchev–Trinajstić information content (AvgIpc) is 2.67. The topological polar surface area (TPSA) is 217 Å². The fraction of sp³-hybridized carbons (Fsp3) is 0.765. The standard InChI is InChI=1S/C17H33N5O7S/c1-8(23)12(19)15(26)21-11(7-30)14(25)22-13(9(2)24)16(27)20-10(17(28)29)5-3-4-6-18/h8-13,23-24,30H,3-7,18-19H2,1-2H3,(H,20,27)(H,21,26)(H,22,25)(H,28,29). The Balaban J connectivity index is 5.13. The number of carbonyl (C=O) groups excluding carboxylic acids is 3. The number of nitrogens with one attached hydrogen (secondary N) is 3. The zero-order chi connectivity index (χ0) is 23.4. The van der Waals surface area contributed by atoms with Crippen LogP contribution in [-0.2, 0) is 19.2 Å². The fourth-order valence-corrected chi connectivity index (χ4v) is 2.61. The lowest BCUT2D eigenvalue weighted by Gasteiger charge is -2.26. The predicted octanol–water partition coefficient (Wildman–Crippen LogP) is -3.33. The van der Waals surface area contributed by atoms with Crippen LogP contribution in [0.2, 0.25) is 0 Å². The molecule has 10 N–H and O–H groups in total. The summed E-state index contributed by atoms with van der Waals surface area (Å²) in [5.41, 5.74) is 10.9. The van der Waals surface area contributed by atoms with E-state index in [1.165, 1.54) is 13.8 Å². The minimum atomic E-state index is -1.47. The largest absolute Gasteiger partial charge is 0.480 e. The van der Waals surface area contributed by atoms with Gasteiger partial charge in [-0.1, -0.05) is 0 Å². The van der Waals surface area contributed by atoms with Gasteiger partial charge in [-0.15, -0.1) is 0 Å². The van der Waals surface area contributed by atoms with Crippen molar-refractivity contribution in [1.29, 1.82) is 0 Å². The number of carboxylic acid groups (broad SMARTS) is 1. The Kier molecular flexibility index (Phi) is 13.2. The molecular weight excluding hydrogens is 418 g/mol. The number of amides is 3. The van der Waals surface area contributed by atoms with Gasteiger partial charge in [0.15, 0.2) is 0 Å². The number of aliphatic carboxylic acids is 1. The summed E-state index contributed by atoms with van der Waals surface area (Å²) in [5, 5.41) is 35.4. The lowest BCUT2D eigenvalue weighted by atomic mass is 10.1. The molecule has 0 bridgehead atoms. The van der Waals surface area contributed by atoms with Crippen molar-refractivity contribution in [1.82, 2.24) is 16.0 Å². The van der Waals surface area contributed by atoms with Crippen molar-refractivity contribution < 1.29 is 34.5 Å². The molecule has 0 fully saturated rings. The van der Waals surface area contributed by atoms with Crippen molar-refractivity contribution in [3.8, 4) is 0 Å². The number of unbranched alkanes of at least 4 members (excludes halogenated alkanes) is 1.